The van der Waals surface area contributed by atoms with Gasteiger partial charge in [0.1, 0.15) is 5.01 Å². The van der Waals surface area contributed by atoms with Crippen LogP contribution in [-0.4, -0.2) is 14.8 Å². The molecule has 0 saturated heterocycles. The molecule has 2 heterocycles. The smallest absolute Gasteiger partial charge is 0.114 e. The van der Waals surface area contributed by atoms with Crippen LogP contribution in [0.5, 0.6) is 0 Å². The lowest BCUT2D eigenvalue weighted by atomic mass is 10.6. The first kappa shape index (κ1) is 8.18. The Morgan fingerprint density at radius 3 is 3.08 bits per heavy atom. The second kappa shape index (κ2) is 3.53. The predicted molar refractivity (Wildman–Crippen MR) is 56.2 cm³/mol. The normalized spacial score (nSPS) is 10.4. The minimum atomic E-state index is 0.778. The molecule has 0 fully saturated rings. The van der Waals surface area contributed by atoms with Gasteiger partial charge in [-0.25, -0.2) is 4.98 Å². The maximum absolute atomic E-state index is 4.18. The number of rotatable bonds is 2. The van der Waals surface area contributed by atoms with E-state index in [2.05, 4.69) is 32.7 Å². The van der Waals surface area contributed by atoms with Crippen molar-refractivity contribution in [3.05, 3.63) is 32.5 Å². The largest absolute Gasteiger partial charge is 0.265 e. The van der Waals surface area contributed by atoms with Gasteiger partial charge in [0, 0.05) is 17.8 Å². The van der Waals surface area contributed by atoms with Gasteiger partial charge < -0.3 is 0 Å². The lowest BCUT2D eigenvalue weighted by molar-refractivity contribution is 0.683. The first-order valence-corrected chi connectivity index (χ1v) is 5.37. The second-order valence-electron chi connectivity index (χ2n) is 2.28. The van der Waals surface area contributed by atoms with Crippen LogP contribution in [0.1, 0.15) is 5.01 Å². The summed E-state index contributed by atoms with van der Waals surface area (Å²) < 4.78 is 3.05. The minimum Gasteiger partial charge on any atom is -0.265 e. The first-order valence-electron chi connectivity index (χ1n) is 3.41. The molecule has 0 aliphatic rings. The number of nitrogens with zero attached hydrogens (tertiary/aromatic N) is 3. The van der Waals surface area contributed by atoms with E-state index in [1.165, 1.54) is 0 Å². The molecule has 0 spiro atoms. The standard InChI is InChI=1S/C7H6IN3S/c8-6-3-10-11(4-6)5-7-9-1-2-12-7/h1-4H,5H2. The van der Waals surface area contributed by atoms with E-state index in [9.17, 15) is 0 Å². The van der Waals surface area contributed by atoms with E-state index in [-0.39, 0.29) is 0 Å². The molecule has 0 bridgehead atoms. The summed E-state index contributed by atoms with van der Waals surface area (Å²) in [5, 5.41) is 7.23. The zero-order valence-corrected chi connectivity index (χ0v) is 9.12. The quantitative estimate of drug-likeness (QED) is 0.792. The van der Waals surface area contributed by atoms with Crippen LogP contribution < -0.4 is 0 Å². The highest BCUT2D eigenvalue weighted by Crippen LogP contribution is 2.07. The fourth-order valence-corrected chi connectivity index (χ4v) is 1.95. The van der Waals surface area contributed by atoms with Crippen LogP contribution >= 0.6 is 33.9 Å². The Hall–Kier alpha value is -0.430. The second-order valence-corrected chi connectivity index (χ2v) is 4.51. The average Bonchev–Trinajstić information content (AvgIpc) is 2.63. The molecule has 3 nitrogen and oxygen atoms in total. The fourth-order valence-electron chi connectivity index (χ4n) is 0.894. The van der Waals surface area contributed by atoms with E-state index in [1.807, 2.05) is 28.7 Å². The molecule has 0 aliphatic heterocycles. The van der Waals surface area contributed by atoms with Gasteiger partial charge >= 0.3 is 0 Å². The molecular weight excluding hydrogens is 285 g/mol. The fraction of sp³-hybridized carbons (Fsp3) is 0.143. The van der Waals surface area contributed by atoms with Crippen LogP contribution in [0.25, 0.3) is 0 Å². The molecule has 0 aromatic carbocycles. The third-order valence-corrected chi connectivity index (χ3v) is 2.70. The minimum absolute atomic E-state index is 0.778. The van der Waals surface area contributed by atoms with E-state index >= 15 is 0 Å². The van der Waals surface area contributed by atoms with Gasteiger partial charge in [-0.15, -0.1) is 11.3 Å². The van der Waals surface area contributed by atoms with Gasteiger partial charge in [-0.1, -0.05) is 0 Å². The van der Waals surface area contributed by atoms with Gasteiger partial charge in [-0.05, 0) is 22.6 Å². The van der Waals surface area contributed by atoms with Crippen molar-refractivity contribution in [1.82, 2.24) is 14.8 Å². The topological polar surface area (TPSA) is 30.7 Å². The highest BCUT2D eigenvalue weighted by atomic mass is 127. The van der Waals surface area contributed by atoms with Crippen LogP contribution in [0.2, 0.25) is 0 Å². The van der Waals surface area contributed by atoms with Crippen molar-refractivity contribution < 1.29 is 0 Å². The SMILES string of the molecule is Ic1cnn(Cc2nccs2)c1. The summed E-state index contributed by atoms with van der Waals surface area (Å²) in [4.78, 5) is 4.18. The highest BCUT2D eigenvalue weighted by Gasteiger charge is 1.98. The van der Waals surface area contributed by atoms with Crippen molar-refractivity contribution in [2.24, 2.45) is 0 Å². The van der Waals surface area contributed by atoms with Gasteiger partial charge in [0.05, 0.1) is 16.3 Å². The summed E-state index contributed by atoms with van der Waals surface area (Å²) in [7, 11) is 0. The van der Waals surface area contributed by atoms with Crippen molar-refractivity contribution in [2.45, 2.75) is 6.54 Å². The third-order valence-electron chi connectivity index (χ3n) is 1.38. The predicted octanol–water partition coefficient (Wildman–Crippen LogP) is 1.99. The molecule has 0 atom stereocenters. The Labute approximate surface area is 87.6 Å². The van der Waals surface area contributed by atoms with Crippen molar-refractivity contribution in [3.8, 4) is 0 Å². The summed E-state index contributed by atoms with van der Waals surface area (Å²) in [6, 6.07) is 0. The molecule has 0 N–H and O–H groups in total. The Balaban J connectivity index is 2.14. The van der Waals surface area contributed by atoms with Crippen LogP contribution in [0.15, 0.2) is 24.0 Å². The number of hydrogen-bond donors (Lipinski definition) is 0. The summed E-state index contributed by atoms with van der Waals surface area (Å²) in [5.41, 5.74) is 0. The number of aromatic nitrogens is 3. The number of halogens is 1. The Morgan fingerprint density at radius 1 is 1.58 bits per heavy atom. The van der Waals surface area contributed by atoms with E-state index in [0.29, 0.717) is 0 Å². The molecule has 0 radical (unpaired) electrons. The molecule has 5 heteroatoms. The molecule has 12 heavy (non-hydrogen) atoms. The summed E-state index contributed by atoms with van der Waals surface area (Å²) in [6.07, 6.45) is 5.66. The zero-order valence-electron chi connectivity index (χ0n) is 6.14. The highest BCUT2D eigenvalue weighted by molar-refractivity contribution is 14.1. The first-order chi connectivity index (χ1) is 5.84. The zero-order chi connectivity index (χ0) is 8.39. The lowest BCUT2D eigenvalue weighted by Crippen LogP contribution is -1.98. The van der Waals surface area contributed by atoms with E-state index < -0.39 is 0 Å². The maximum atomic E-state index is 4.18. The molecule has 62 valence electrons. The molecule has 0 amide bonds. The Bertz CT molecular complexity index is 354. The molecule has 0 unspecified atom stereocenters. The van der Waals surface area contributed by atoms with Gasteiger partial charge in [0.15, 0.2) is 0 Å². The monoisotopic (exact) mass is 291 g/mol. The van der Waals surface area contributed by atoms with Crippen LogP contribution in [0.4, 0.5) is 0 Å². The van der Waals surface area contributed by atoms with E-state index in [1.54, 1.807) is 11.3 Å². The molecule has 0 saturated carbocycles. The van der Waals surface area contributed by atoms with Crippen molar-refractivity contribution >= 4 is 33.9 Å². The van der Waals surface area contributed by atoms with E-state index in [4.69, 9.17) is 0 Å². The van der Waals surface area contributed by atoms with Gasteiger partial charge in [-0.2, -0.15) is 5.10 Å². The maximum Gasteiger partial charge on any atom is 0.114 e. The van der Waals surface area contributed by atoms with Crippen molar-refractivity contribution in [1.29, 1.82) is 0 Å². The third kappa shape index (κ3) is 1.84. The molecule has 2 aromatic rings. The van der Waals surface area contributed by atoms with Gasteiger partial charge in [0.25, 0.3) is 0 Å². The van der Waals surface area contributed by atoms with Crippen LogP contribution in [-0.2, 0) is 6.54 Å². The molecular formula is C7H6IN3S. The van der Waals surface area contributed by atoms with E-state index in [0.717, 1.165) is 15.1 Å². The van der Waals surface area contributed by atoms with Crippen molar-refractivity contribution in [2.75, 3.05) is 0 Å². The molecule has 0 aliphatic carbocycles. The van der Waals surface area contributed by atoms with Gasteiger partial charge in [0.2, 0.25) is 0 Å². The molecule has 2 aromatic heterocycles. The summed E-state index contributed by atoms with van der Waals surface area (Å²) >= 11 is 3.89. The van der Waals surface area contributed by atoms with Crippen LogP contribution in [0.3, 0.4) is 0 Å². The average molecular weight is 291 g/mol. The Kier molecular flexibility index (Phi) is 2.40. The Morgan fingerprint density at radius 2 is 2.50 bits per heavy atom. The number of hydrogen-bond acceptors (Lipinski definition) is 3. The van der Waals surface area contributed by atoms with Crippen LogP contribution in [0, 0.1) is 3.57 Å². The van der Waals surface area contributed by atoms with Gasteiger partial charge in [-0.3, -0.25) is 4.68 Å². The summed E-state index contributed by atoms with van der Waals surface area (Å²) in [5.74, 6) is 0. The summed E-state index contributed by atoms with van der Waals surface area (Å²) in [6.45, 7) is 0.778. The molecule has 2 rings (SSSR count). The number of thiazole rings is 1. The van der Waals surface area contributed by atoms with Crippen molar-refractivity contribution in [3.63, 3.8) is 0 Å². The lowest BCUT2D eigenvalue weighted by Gasteiger charge is -1.94.